The highest BCUT2D eigenvalue weighted by Crippen LogP contribution is 2.61. The minimum Gasteiger partial charge on any atom is -0.372 e. The molecule has 1 unspecified atom stereocenters. The first kappa shape index (κ1) is 9.69. The molecule has 1 fully saturated rings. The largest absolute Gasteiger partial charge is 0.372 e. The molecule has 4 rings (SSSR count). The molecule has 0 amide bonds. The van der Waals surface area contributed by atoms with E-state index >= 15 is 0 Å². The predicted molar refractivity (Wildman–Crippen MR) is 69.4 cm³/mol. The van der Waals surface area contributed by atoms with Crippen molar-refractivity contribution in [2.45, 2.75) is 31.2 Å². The van der Waals surface area contributed by atoms with Crippen LogP contribution in [0, 0.1) is 11.8 Å². The molecule has 4 atom stereocenters. The van der Waals surface area contributed by atoms with E-state index < -0.39 is 0 Å². The standard InChI is InChI=1S/C15H18N2/c1-2-4-12-10(3-1)5-6-13-14(15(12)13)7-11-8-16-9-17-11/h1-4,9,11,13-15H,5-8H2,(H,16,17)/t11-,13-,14?,15-/m1/s1. The van der Waals surface area contributed by atoms with E-state index in [0.717, 1.165) is 24.3 Å². The topological polar surface area (TPSA) is 24.4 Å². The van der Waals surface area contributed by atoms with Crippen LogP contribution in [0.3, 0.4) is 0 Å². The summed E-state index contributed by atoms with van der Waals surface area (Å²) < 4.78 is 0. The van der Waals surface area contributed by atoms with E-state index in [-0.39, 0.29) is 0 Å². The van der Waals surface area contributed by atoms with Gasteiger partial charge in [-0.2, -0.15) is 0 Å². The van der Waals surface area contributed by atoms with Crippen molar-refractivity contribution in [3.63, 3.8) is 0 Å². The van der Waals surface area contributed by atoms with Crippen LogP contribution in [-0.4, -0.2) is 18.9 Å². The number of aliphatic imine (C=N–C) groups is 1. The lowest BCUT2D eigenvalue weighted by atomic mass is 9.92. The predicted octanol–water partition coefficient (Wildman–Crippen LogP) is 2.35. The first-order valence-electron chi connectivity index (χ1n) is 6.75. The van der Waals surface area contributed by atoms with Crippen LogP contribution in [-0.2, 0) is 6.42 Å². The zero-order valence-corrected chi connectivity index (χ0v) is 9.97. The van der Waals surface area contributed by atoms with E-state index in [1.54, 1.807) is 11.1 Å². The van der Waals surface area contributed by atoms with Gasteiger partial charge in [-0.25, -0.2) is 0 Å². The van der Waals surface area contributed by atoms with Gasteiger partial charge in [0.05, 0.1) is 12.9 Å². The molecule has 88 valence electrons. The van der Waals surface area contributed by atoms with Crippen LogP contribution in [0.4, 0.5) is 0 Å². The summed E-state index contributed by atoms with van der Waals surface area (Å²) in [6, 6.07) is 9.66. The SMILES string of the molecule is C1=NC[C@@H](CC2[C@H]3CCc4ccccc4[C@@H]23)N1. The highest BCUT2D eigenvalue weighted by molar-refractivity contribution is 5.57. The summed E-state index contributed by atoms with van der Waals surface area (Å²) in [5.74, 6) is 2.74. The fourth-order valence-corrected chi connectivity index (χ4v) is 3.89. The van der Waals surface area contributed by atoms with Gasteiger partial charge in [-0.1, -0.05) is 24.3 Å². The number of rotatable bonds is 2. The molecule has 0 radical (unpaired) electrons. The Bertz CT molecular complexity index is 458. The van der Waals surface area contributed by atoms with Gasteiger partial charge < -0.3 is 5.32 Å². The number of fused-ring (bicyclic) bond motifs is 3. The number of benzene rings is 1. The van der Waals surface area contributed by atoms with Gasteiger partial charge >= 0.3 is 0 Å². The molecule has 2 aliphatic carbocycles. The number of aryl methyl sites for hydroxylation is 1. The molecule has 0 bridgehead atoms. The summed E-state index contributed by atoms with van der Waals surface area (Å²) in [5, 5.41) is 3.37. The normalized spacial score (nSPS) is 37.2. The fourth-order valence-electron chi connectivity index (χ4n) is 3.89. The lowest BCUT2D eigenvalue weighted by Gasteiger charge is -2.13. The zero-order chi connectivity index (χ0) is 11.2. The molecule has 1 aromatic rings. The summed E-state index contributed by atoms with van der Waals surface area (Å²) in [7, 11) is 0. The van der Waals surface area contributed by atoms with Crippen molar-refractivity contribution in [3.05, 3.63) is 35.4 Å². The minimum absolute atomic E-state index is 0.609. The molecule has 1 aliphatic heterocycles. The van der Waals surface area contributed by atoms with Gasteiger partial charge in [0.25, 0.3) is 0 Å². The number of hydrogen-bond donors (Lipinski definition) is 1. The molecule has 2 heteroatoms. The molecule has 1 N–H and O–H groups in total. The van der Waals surface area contributed by atoms with Gasteiger partial charge in [0, 0.05) is 6.04 Å². The third-order valence-electron chi connectivity index (χ3n) is 4.78. The molecule has 0 saturated heterocycles. The lowest BCUT2D eigenvalue weighted by molar-refractivity contribution is 0.522. The van der Waals surface area contributed by atoms with Gasteiger partial charge in [0.15, 0.2) is 0 Å². The van der Waals surface area contributed by atoms with E-state index in [1.165, 1.54) is 19.3 Å². The van der Waals surface area contributed by atoms with Crippen LogP contribution >= 0.6 is 0 Å². The molecule has 0 spiro atoms. The highest BCUT2D eigenvalue weighted by Gasteiger charge is 2.53. The molecular weight excluding hydrogens is 208 g/mol. The molecule has 1 saturated carbocycles. The van der Waals surface area contributed by atoms with E-state index in [2.05, 4.69) is 34.6 Å². The Morgan fingerprint density at radius 1 is 1.29 bits per heavy atom. The van der Waals surface area contributed by atoms with Crippen molar-refractivity contribution in [2.24, 2.45) is 16.8 Å². The van der Waals surface area contributed by atoms with Gasteiger partial charge in [0.2, 0.25) is 0 Å². The minimum atomic E-state index is 0.609. The van der Waals surface area contributed by atoms with Crippen molar-refractivity contribution < 1.29 is 0 Å². The monoisotopic (exact) mass is 226 g/mol. The van der Waals surface area contributed by atoms with Crippen LogP contribution in [0.15, 0.2) is 29.3 Å². The molecule has 17 heavy (non-hydrogen) atoms. The van der Waals surface area contributed by atoms with Crippen LogP contribution in [0.1, 0.15) is 29.9 Å². The van der Waals surface area contributed by atoms with Crippen molar-refractivity contribution in [1.29, 1.82) is 0 Å². The number of nitrogens with one attached hydrogen (secondary N) is 1. The summed E-state index contributed by atoms with van der Waals surface area (Å²) >= 11 is 0. The van der Waals surface area contributed by atoms with Gasteiger partial charge in [-0.3, -0.25) is 4.99 Å². The van der Waals surface area contributed by atoms with E-state index in [4.69, 9.17) is 0 Å². The lowest BCUT2D eigenvalue weighted by Crippen LogP contribution is -2.25. The third-order valence-corrected chi connectivity index (χ3v) is 4.78. The maximum absolute atomic E-state index is 4.27. The summed E-state index contributed by atoms with van der Waals surface area (Å²) in [4.78, 5) is 4.27. The number of hydrogen-bond acceptors (Lipinski definition) is 2. The molecule has 0 aromatic heterocycles. The molecule has 3 aliphatic rings. The van der Waals surface area contributed by atoms with Crippen molar-refractivity contribution in [1.82, 2.24) is 5.32 Å². The van der Waals surface area contributed by atoms with Crippen LogP contribution in [0.5, 0.6) is 0 Å². The third kappa shape index (κ3) is 1.50. The maximum atomic E-state index is 4.27. The van der Waals surface area contributed by atoms with E-state index in [0.29, 0.717) is 6.04 Å². The molecule has 1 heterocycles. The van der Waals surface area contributed by atoms with Gasteiger partial charge in [0.1, 0.15) is 0 Å². The summed E-state index contributed by atoms with van der Waals surface area (Å²) in [5.41, 5.74) is 3.25. The Labute approximate surface area is 102 Å². The fraction of sp³-hybridized carbons (Fsp3) is 0.533. The first-order chi connectivity index (χ1) is 8.43. The summed E-state index contributed by atoms with van der Waals surface area (Å²) in [6.45, 7) is 0.984. The maximum Gasteiger partial charge on any atom is 0.0827 e. The Morgan fingerprint density at radius 3 is 3.12 bits per heavy atom. The van der Waals surface area contributed by atoms with Crippen LogP contribution in [0.2, 0.25) is 0 Å². The second-order valence-electron chi connectivity index (χ2n) is 5.68. The zero-order valence-electron chi connectivity index (χ0n) is 9.97. The second kappa shape index (κ2) is 3.59. The molecular formula is C15H18N2. The Hall–Kier alpha value is -1.31. The Morgan fingerprint density at radius 2 is 2.24 bits per heavy atom. The van der Waals surface area contributed by atoms with Crippen LogP contribution < -0.4 is 5.32 Å². The second-order valence-corrected chi connectivity index (χ2v) is 5.68. The number of nitrogens with zero attached hydrogens (tertiary/aromatic N) is 1. The Balaban J connectivity index is 1.52. The Kier molecular flexibility index (Phi) is 2.05. The first-order valence-corrected chi connectivity index (χ1v) is 6.75. The van der Waals surface area contributed by atoms with Crippen molar-refractivity contribution in [2.75, 3.05) is 6.54 Å². The quantitative estimate of drug-likeness (QED) is 0.822. The van der Waals surface area contributed by atoms with Crippen molar-refractivity contribution >= 4 is 6.34 Å². The van der Waals surface area contributed by atoms with Crippen LogP contribution in [0.25, 0.3) is 0 Å². The smallest absolute Gasteiger partial charge is 0.0827 e. The average molecular weight is 226 g/mol. The van der Waals surface area contributed by atoms with Gasteiger partial charge in [-0.15, -0.1) is 0 Å². The molecule has 2 nitrogen and oxygen atoms in total. The summed E-state index contributed by atoms with van der Waals surface area (Å²) in [6.07, 6.45) is 5.89. The van der Waals surface area contributed by atoms with E-state index in [1.807, 2.05) is 6.34 Å². The average Bonchev–Trinajstić information content (AvgIpc) is 2.82. The molecule has 1 aromatic carbocycles. The van der Waals surface area contributed by atoms with Crippen molar-refractivity contribution in [3.8, 4) is 0 Å². The highest BCUT2D eigenvalue weighted by atomic mass is 15.1. The van der Waals surface area contributed by atoms with E-state index in [9.17, 15) is 0 Å². The van der Waals surface area contributed by atoms with Gasteiger partial charge in [-0.05, 0) is 48.1 Å².